The number of esters is 1. The van der Waals surface area contributed by atoms with E-state index >= 15 is 0 Å². The molecule has 1 aromatic rings. The topological polar surface area (TPSA) is 57.0 Å². The molecule has 0 aliphatic heterocycles. The Kier molecular flexibility index (Phi) is 6.69. The van der Waals surface area contributed by atoms with Gasteiger partial charge in [0, 0.05) is 6.92 Å². The van der Waals surface area contributed by atoms with Gasteiger partial charge in [-0.05, 0) is 30.5 Å². The minimum absolute atomic E-state index is 0.0313. The average Bonchev–Trinajstić information content (AvgIpc) is 2.38. The van der Waals surface area contributed by atoms with E-state index in [1.54, 1.807) is 45.0 Å². The molecule has 0 spiro atoms. The van der Waals surface area contributed by atoms with Crippen molar-refractivity contribution in [2.45, 2.75) is 32.9 Å². The minimum atomic E-state index is -1.93. The van der Waals surface area contributed by atoms with Crippen LogP contribution in [0.5, 0.6) is 5.75 Å². The quantitative estimate of drug-likeness (QED) is 0.616. The van der Waals surface area contributed by atoms with Gasteiger partial charge < -0.3 is 4.74 Å². The van der Waals surface area contributed by atoms with Crippen LogP contribution in [0.4, 0.5) is 0 Å². The molecule has 0 radical (unpaired) electrons. The van der Waals surface area contributed by atoms with Crippen molar-refractivity contribution < 1.29 is 18.6 Å². The van der Waals surface area contributed by atoms with Crippen LogP contribution in [0.3, 0.4) is 0 Å². The molecule has 0 bridgehead atoms. The van der Waals surface area contributed by atoms with Gasteiger partial charge in [-0.25, -0.2) is 4.79 Å². The summed E-state index contributed by atoms with van der Waals surface area (Å²) in [5.41, 5.74) is 0. The van der Waals surface area contributed by atoms with Crippen molar-refractivity contribution in [1.82, 2.24) is 0 Å². The highest BCUT2D eigenvalue weighted by Gasteiger charge is 2.26. The molecule has 20 heavy (non-hydrogen) atoms. The highest BCUT2D eigenvalue weighted by atomic mass is 31.1. The van der Waals surface area contributed by atoms with Gasteiger partial charge in [0.1, 0.15) is 0 Å². The van der Waals surface area contributed by atoms with Crippen LogP contribution < -0.4 is 4.52 Å². The number of carbonyl (C=O) groups excluding carboxylic acids is 1. The second-order valence-electron chi connectivity index (χ2n) is 4.34. The lowest BCUT2D eigenvalue weighted by Crippen LogP contribution is -2.20. The number of hydrogen-bond acceptors (Lipinski definition) is 4. The van der Waals surface area contributed by atoms with E-state index < -0.39 is 20.0 Å². The lowest BCUT2D eigenvalue weighted by molar-refractivity contribution is -0.147. The molecule has 0 amide bonds. The van der Waals surface area contributed by atoms with Crippen molar-refractivity contribution >= 4 is 14.0 Å². The number of nitrogens with zero attached hydrogens (tertiary/aromatic N) is 1. The van der Waals surface area contributed by atoms with E-state index in [0.717, 1.165) is 0 Å². The zero-order valence-corrected chi connectivity index (χ0v) is 12.7. The first-order valence-electron chi connectivity index (χ1n) is 6.30. The largest absolute Gasteiger partial charge is 0.576 e. The van der Waals surface area contributed by atoms with E-state index in [4.69, 9.17) is 9.26 Å². The van der Waals surface area contributed by atoms with E-state index in [1.807, 2.05) is 6.07 Å². The van der Waals surface area contributed by atoms with Crippen molar-refractivity contribution in [3.63, 3.8) is 0 Å². The Morgan fingerprint density at radius 1 is 1.30 bits per heavy atom. The zero-order chi connectivity index (χ0) is 15.0. The summed E-state index contributed by atoms with van der Waals surface area (Å²) in [6.45, 7) is 5.13. The van der Waals surface area contributed by atoms with Gasteiger partial charge in [-0.15, -0.1) is 0 Å². The first kappa shape index (κ1) is 16.1. The molecule has 0 fully saturated rings. The van der Waals surface area contributed by atoms with Crippen LogP contribution in [-0.4, -0.2) is 24.3 Å². The van der Waals surface area contributed by atoms with Gasteiger partial charge in [0.2, 0.25) is 0 Å². The van der Waals surface area contributed by atoms with Gasteiger partial charge in [-0.1, -0.05) is 23.0 Å². The Morgan fingerprint density at radius 2 is 1.95 bits per heavy atom. The smallest absolute Gasteiger partial charge is 0.457 e. The summed E-state index contributed by atoms with van der Waals surface area (Å²) in [4.78, 5) is 15.3. The molecule has 1 unspecified atom stereocenters. The Hall–Kier alpha value is -1.92. The standard InChI is InChI=1S/C14H18NO4P/c1-11(2)18-14(16)12(3)15-9-10-20(17)19-13-7-5-4-6-8-13/h4-8,11-12H,10H2,1-3H3/q+2/t12-/m0/s1. The van der Waals surface area contributed by atoms with Crippen LogP contribution >= 0.6 is 8.03 Å². The molecule has 106 valence electrons. The van der Waals surface area contributed by atoms with E-state index in [2.05, 4.69) is 10.9 Å². The summed E-state index contributed by atoms with van der Waals surface area (Å²) >= 11 is 0. The van der Waals surface area contributed by atoms with Crippen molar-refractivity contribution in [3.8, 4) is 11.8 Å². The maximum atomic E-state index is 11.6. The highest BCUT2D eigenvalue weighted by molar-refractivity contribution is 7.39. The predicted molar refractivity (Wildman–Crippen MR) is 77.5 cm³/mol. The molecule has 1 aromatic carbocycles. The first-order valence-corrected chi connectivity index (χ1v) is 7.66. The molecular weight excluding hydrogens is 277 g/mol. The van der Waals surface area contributed by atoms with Crippen molar-refractivity contribution in [3.05, 3.63) is 35.2 Å². The van der Waals surface area contributed by atoms with Gasteiger partial charge in [-0.3, -0.25) is 4.52 Å². The third-order valence-electron chi connectivity index (χ3n) is 2.13. The van der Waals surface area contributed by atoms with E-state index in [0.29, 0.717) is 5.75 Å². The summed E-state index contributed by atoms with van der Waals surface area (Å²) in [5.74, 6) is 0.106. The Labute approximate surface area is 119 Å². The lowest BCUT2D eigenvalue weighted by atomic mass is 10.3. The summed E-state index contributed by atoms with van der Waals surface area (Å²) in [7, 11) is -1.93. The maximum Gasteiger partial charge on any atom is 0.576 e. The van der Waals surface area contributed by atoms with Gasteiger partial charge in [0.05, 0.1) is 6.10 Å². The molecule has 0 N–H and O–H groups in total. The minimum Gasteiger partial charge on any atom is -0.457 e. The zero-order valence-electron chi connectivity index (χ0n) is 11.8. The molecule has 0 aliphatic carbocycles. The Morgan fingerprint density at radius 3 is 2.55 bits per heavy atom. The van der Waals surface area contributed by atoms with Crippen molar-refractivity contribution in [2.24, 2.45) is 0 Å². The summed E-state index contributed by atoms with van der Waals surface area (Å²) in [6.07, 6.45) is -0.151. The van der Waals surface area contributed by atoms with Crippen LogP contribution in [0.15, 0.2) is 30.3 Å². The van der Waals surface area contributed by atoms with E-state index in [9.17, 15) is 9.36 Å². The highest BCUT2D eigenvalue weighted by Crippen LogP contribution is 2.25. The molecule has 0 heterocycles. The molecule has 1 rings (SSSR count). The number of para-hydroxylation sites is 1. The van der Waals surface area contributed by atoms with Crippen LogP contribution in [-0.2, 0) is 14.1 Å². The maximum absolute atomic E-state index is 11.6. The summed E-state index contributed by atoms with van der Waals surface area (Å²) in [5, 5.41) is 0. The second kappa shape index (κ2) is 8.29. The molecule has 0 saturated heterocycles. The lowest BCUT2D eigenvalue weighted by Gasteiger charge is -2.04. The summed E-state index contributed by atoms with van der Waals surface area (Å²) in [6, 6.07) is 10.8. The number of rotatable bonds is 5. The fourth-order valence-corrected chi connectivity index (χ4v) is 1.87. The molecular formula is C14H18NO4P+2. The van der Waals surface area contributed by atoms with Crippen LogP contribution in [0.25, 0.3) is 4.85 Å². The van der Waals surface area contributed by atoms with Crippen LogP contribution in [0.2, 0.25) is 0 Å². The number of carbonyl (C=O) groups is 1. The molecule has 2 atom stereocenters. The Balaban J connectivity index is 2.41. The Bertz CT molecular complexity index is 519. The molecule has 0 aliphatic rings. The molecule has 0 saturated carbocycles. The predicted octanol–water partition coefficient (Wildman–Crippen LogP) is 3.48. The van der Waals surface area contributed by atoms with E-state index in [-0.39, 0.29) is 12.3 Å². The number of hydrogen-bond donors (Lipinski definition) is 0. The monoisotopic (exact) mass is 295 g/mol. The summed E-state index contributed by atoms with van der Waals surface area (Å²) < 4.78 is 21.8. The number of ether oxygens (including phenoxy) is 1. The third-order valence-corrected chi connectivity index (χ3v) is 2.94. The van der Waals surface area contributed by atoms with Crippen LogP contribution in [0.1, 0.15) is 20.8 Å². The van der Waals surface area contributed by atoms with Crippen molar-refractivity contribution in [2.75, 3.05) is 6.16 Å². The van der Waals surface area contributed by atoms with Gasteiger partial charge >= 0.3 is 32.3 Å². The number of benzene rings is 1. The van der Waals surface area contributed by atoms with Gasteiger partial charge in [-0.2, -0.15) is 0 Å². The molecule has 0 aromatic heterocycles. The van der Waals surface area contributed by atoms with Gasteiger partial charge in [0.25, 0.3) is 0 Å². The SMILES string of the molecule is CC(C)OC(=O)[C@H](C)[N+]#CC[P+](=O)Oc1ccccc1. The fraction of sp³-hybridized carbons (Fsp3) is 0.429. The van der Waals surface area contributed by atoms with E-state index in [1.165, 1.54) is 0 Å². The average molecular weight is 295 g/mol. The first-order chi connectivity index (χ1) is 9.49. The fourth-order valence-electron chi connectivity index (χ4n) is 1.25. The second-order valence-corrected chi connectivity index (χ2v) is 5.51. The molecule has 5 nitrogen and oxygen atoms in total. The normalized spacial score (nSPS) is 12.1. The van der Waals surface area contributed by atoms with Crippen LogP contribution in [0, 0.1) is 6.07 Å². The molecule has 6 heteroatoms. The van der Waals surface area contributed by atoms with Crippen molar-refractivity contribution in [1.29, 1.82) is 0 Å². The van der Waals surface area contributed by atoms with Gasteiger partial charge in [0.15, 0.2) is 5.75 Å². The third kappa shape index (κ3) is 6.31.